The van der Waals surface area contributed by atoms with Gasteiger partial charge in [0.05, 0.1) is 11.0 Å². The summed E-state index contributed by atoms with van der Waals surface area (Å²) in [5, 5.41) is 6.48. The van der Waals surface area contributed by atoms with E-state index in [1.54, 1.807) is 31.3 Å². The molecule has 0 aromatic heterocycles. The highest BCUT2D eigenvalue weighted by Gasteiger charge is 2.20. The van der Waals surface area contributed by atoms with Gasteiger partial charge in [0.1, 0.15) is 0 Å². The summed E-state index contributed by atoms with van der Waals surface area (Å²) in [5.41, 5.74) is 0.969. The summed E-state index contributed by atoms with van der Waals surface area (Å²) < 4.78 is 38.5. The number of rotatable bonds is 12. The highest BCUT2D eigenvalue weighted by atomic mass is 32.2. The van der Waals surface area contributed by atoms with E-state index < -0.39 is 10.0 Å². The second kappa shape index (κ2) is 12.9. The standard InChI is InChI=1S/C21H36N4O4S/c1-17(2)16-28-12-5-11-23-21(22-3)24-14-18-7-9-20(10-8-18)30(26,27)25-15-19-6-4-13-29-19/h7-10,17,19,25H,4-6,11-16H2,1-3H3,(H2,22,23,24). The number of hydrogen-bond donors (Lipinski definition) is 3. The second-order valence-electron chi connectivity index (χ2n) is 7.81. The van der Waals surface area contributed by atoms with E-state index in [2.05, 4.69) is 34.2 Å². The molecule has 30 heavy (non-hydrogen) atoms. The van der Waals surface area contributed by atoms with Crippen LogP contribution in [0.25, 0.3) is 0 Å². The SMILES string of the molecule is CN=C(NCCCOCC(C)C)NCc1ccc(S(=O)(=O)NCC2CCCO2)cc1. The van der Waals surface area contributed by atoms with E-state index in [0.29, 0.717) is 31.6 Å². The summed E-state index contributed by atoms with van der Waals surface area (Å²) in [5.74, 6) is 1.25. The molecule has 3 N–H and O–H groups in total. The molecular weight excluding hydrogens is 404 g/mol. The van der Waals surface area contributed by atoms with Gasteiger partial charge in [-0.1, -0.05) is 26.0 Å². The Kier molecular flexibility index (Phi) is 10.6. The van der Waals surface area contributed by atoms with E-state index in [1.807, 2.05) is 0 Å². The molecule has 0 radical (unpaired) electrons. The van der Waals surface area contributed by atoms with Crippen molar-refractivity contribution in [1.29, 1.82) is 0 Å². The van der Waals surface area contributed by atoms with Crippen molar-refractivity contribution in [2.45, 2.75) is 50.7 Å². The molecule has 1 aromatic rings. The maximum atomic E-state index is 12.4. The lowest BCUT2D eigenvalue weighted by atomic mass is 10.2. The Balaban J connectivity index is 1.72. The molecule has 170 valence electrons. The van der Waals surface area contributed by atoms with Gasteiger partial charge in [-0.3, -0.25) is 4.99 Å². The van der Waals surface area contributed by atoms with Gasteiger partial charge in [0.15, 0.2) is 5.96 Å². The maximum Gasteiger partial charge on any atom is 0.240 e. The summed E-state index contributed by atoms with van der Waals surface area (Å²) in [6.07, 6.45) is 2.76. The quantitative estimate of drug-likeness (QED) is 0.261. The molecule has 8 nitrogen and oxygen atoms in total. The molecule has 2 rings (SSSR count). The number of nitrogens with zero attached hydrogens (tertiary/aromatic N) is 1. The van der Waals surface area contributed by atoms with Crippen LogP contribution in [0.15, 0.2) is 34.2 Å². The molecule has 1 aliphatic heterocycles. The summed E-state index contributed by atoms with van der Waals surface area (Å²) in [6, 6.07) is 6.86. The van der Waals surface area contributed by atoms with Crippen molar-refractivity contribution in [1.82, 2.24) is 15.4 Å². The van der Waals surface area contributed by atoms with Crippen LogP contribution in [-0.2, 0) is 26.0 Å². The molecule has 0 saturated carbocycles. The topological polar surface area (TPSA) is 101 Å². The first-order valence-corrected chi connectivity index (χ1v) is 12.1. The monoisotopic (exact) mass is 440 g/mol. The van der Waals surface area contributed by atoms with E-state index in [-0.39, 0.29) is 11.0 Å². The van der Waals surface area contributed by atoms with Gasteiger partial charge in [0, 0.05) is 46.5 Å². The Bertz CT molecular complexity index is 745. The van der Waals surface area contributed by atoms with Crippen molar-refractivity contribution >= 4 is 16.0 Å². The molecule has 1 atom stereocenters. The number of nitrogens with one attached hydrogen (secondary N) is 3. The number of guanidine groups is 1. The lowest BCUT2D eigenvalue weighted by Crippen LogP contribution is -2.37. The first kappa shape index (κ1) is 24.6. The minimum absolute atomic E-state index is 0.0238. The van der Waals surface area contributed by atoms with Crippen molar-refractivity contribution in [2.24, 2.45) is 10.9 Å². The van der Waals surface area contributed by atoms with Gasteiger partial charge in [-0.05, 0) is 42.9 Å². The molecule has 9 heteroatoms. The van der Waals surface area contributed by atoms with Crippen LogP contribution < -0.4 is 15.4 Å². The molecule has 1 unspecified atom stereocenters. The van der Waals surface area contributed by atoms with E-state index in [9.17, 15) is 8.42 Å². The zero-order chi connectivity index (χ0) is 21.8. The summed E-state index contributed by atoms with van der Waals surface area (Å²) in [4.78, 5) is 4.46. The van der Waals surface area contributed by atoms with Crippen LogP contribution in [0.4, 0.5) is 0 Å². The van der Waals surface area contributed by atoms with Gasteiger partial charge in [-0.15, -0.1) is 0 Å². The summed E-state index contributed by atoms with van der Waals surface area (Å²) >= 11 is 0. The lowest BCUT2D eigenvalue weighted by molar-refractivity contribution is 0.108. The van der Waals surface area contributed by atoms with Crippen LogP contribution in [0.3, 0.4) is 0 Å². The summed E-state index contributed by atoms with van der Waals surface area (Å²) in [7, 11) is -1.80. The van der Waals surface area contributed by atoms with Crippen LogP contribution in [0.2, 0.25) is 0 Å². The Morgan fingerprint density at radius 1 is 1.27 bits per heavy atom. The largest absolute Gasteiger partial charge is 0.381 e. The van der Waals surface area contributed by atoms with Gasteiger partial charge < -0.3 is 20.1 Å². The maximum absolute atomic E-state index is 12.4. The molecule has 1 aliphatic rings. The predicted molar refractivity (Wildman–Crippen MR) is 119 cm³/mol. The van der Waals surface area contributed by atoms with E-state index in [1.165, 1.54) is 0 Å². The van der Waals surface area contributed by atoms with Gasteiger partial charge >= 0.3 is 0 Å². The van der Waals surface area contributed by atoms with Crippen LogP contribution in [0.1, 0.15) is 38.7 Å². The third kappa shape index (κ3) is 8.99. The highest BCUT2D eigenvalue weighted by Crippen LogP contribution is 2.14. The fourth-order valence-corrected chi connectivity index (χ4v) is 4.05. The Hall–Kier alpha value is -1.68. The fraction of sp³-hybridized carbons (Fsp3) is 0.667. The van der Waals surface area contributed by atoms with Gasteiger partial charge in [-0.25, -0.2) is 13.1 Å². The van der Waals surface area contributed by atoms with Crippen molar-refractivity contribution in [3.8, 4) is 0 Å². The molecule has 0 aliphatic carbocycles. The third-order valence-electron chi connectivity index (χ3n) is 4.65. The third-order valence-corrected chi connectivity index (χ3v) is 6.09. The number of aliphatic imine (C=N–C) groups is 1. The Labute approximate surface area is 180 Å². The first-order chi connectivity index (χ1) is 14.4. The molecule has 0 bridgehead atoms. The Morgan fingerprint density at radius 2 is 2.03 bits per heavy atom. The van der Waals surface area contributed by atoms with Crippen molar-refractivity contribution in [3.05, 3.63) is 29.8 Å². The van der Waals surface area contributed by atoms with E-state index >= 15 is 0 Å². The Morgan fingerprint density at radius 3 is 2.67 bits per heavy atom. The smallest absolute Gasteiger partial charge is 0.240 e. The summed E-state index contributed by atoms with van der Waals surface area (Å²) in [6.45, 7) is 8.11. The van der Waals surface area contributed by atoms with Gasteiger partial charge in [0.25, 0.3) is 0 Å². The van der Waals surface area contributed by atoms with Crippen molar-refractivity contribution < 1.29 is 17.9 Å². The second-order valence-corrected chi connectivity index (χ2v) is 9.57. The van der Waals surface area contributed by atoms with Gasteiger partial charge in [-0.2, -0.15) is 0 Å². The van der Waals surface area contributed by atoms with Crippen LogP contribution in [0.5, 0.6) is 0 Å². The zero-order valence-electron chi connectivity index (χ0n) is 18.3. The molecule has 0 spiro atoms. The van der Waals surface area contributed by atoms with Crippen LogP contribution in [-0.4, -0.2) is 60.4 Å². The zero-order valence-corrected chi connectivity index (χ0v) is 19.1. The number of ether oxygens (including phenoxy) is 2. The minimum Gasteiger partial charge on any atom is -0.381 e. The molecule has 1 saturated heterocycles. The normalized spacial score (nSPS) is 17.5. The first-order valence-electron chi connectivity index (χ1n) is 10.6. The molecular formula is C21H36N4O4S. The van der Waals surface area contributed by atoms with E-state index in [4.69, 9.17) is 9.47 Å². The van der Waals surface area contributed by atoms with Crippen LogP contribution >= 0.6 is 0 Å². The minimum atomic E-state index is -3.52. The highest BCUT2D eigenvalue weighted by molar-refractivity contribution is 7.89. The predicted octanol–water partition coefficient (Wildman–Crippen LogP) is 1.87. The van der Waals surface area contributed by atoms with Gasteiger partial charge in [0.2, 0.25) is 10.0 Å². The molecule has 1 heterocycles. The fourth-order valence-electron chi connectivity index (χ4n) is 2.98. The average molecular weight is 441 g/mol. The molecule has 0 amide bonds. The molecule has 1 aromatic carbocycles. The number of hydrogen-bond acceptors (Lipinski definition) is 5. The van der Waals surface area contributed by atoms with Crippen LogP contribution in [0, 0.1) is 5.92 Å². The van der Waals surface area contributed by atoms with E-state index in [0.717, 1.165) is 44.6 Å². The van der Waals surface area contributed by atoms with Crippen molar-refractivity contribution in [2.75, 3.05) is 40.0 Å². The lowest BCUT2D eigenvalue weighted by Gasteiger charge is -2.13. The number of benzene rings is 1. The van der Waals surface area contributed by atoms with Crippen molar-refractivity contribution in [3.63, 3.8) is 0 Å². The number of sulfonamides is 1. The average Bonchev–Trinajstić information content (AvgIpc) is 3.25. The molecule has 1 fully saturated rings.